The standard InChI is InChI=1S/C20H25NO5/c1-4-24-18-10-9-15(13-19(18)25-5-2)20(22)21-16-7-6-8-17(14-16)26-12-11-23-3/h6-10,13-14H,4-5,11-12H2,1-3H3,(H,21,22). The maximum atomic E-state index is 12.5. The minimum atomic E-state index is -0.233. The first-order chi connectivity index (χ1) is 12.7. The lowest BCUT2D eigenvalue weighted by atomic mass is 10.1. The fraction of sp³-hybridized carbons (Fsp3) is 0.350. The predicted molar refractivity (Wildman–Crippen MR) is 101 cm³/mol. The Morgan fingerprint density at radius 1 is 0.923 bits per heavy atom. The second-order valence-corrected chi connectivity index (χ2v) is 5.35. The molecule has 26 heavy (non-hydrogen) atoms. The third-order valence-electron chi connectivity index (χ3n) is 3.45. The van der Waals surface area contributed by atoms with Crippen molar-refractivity contribution in [3.05, 3.63) is 48.0 Å². The lowest BCUT2D eigenvalue weighted by Crippen LogP contribution is -2.12. The van der Waals surface area contributed by atoms with Gasteiger partial charge in [-0.25, -0.2) is 0 Å². The van der Waals surface area contributed by atoms with Crippen molar-refractivity contribution in [3.8, 4) is 17.2 Å². The van der Waals surface area contributed by atoms with E-state index in [1.807, 2.05) is 26.0 Å². The van der Waals surface area contributed by atoms with Gasteiger partial charge in [0.05, 0.1) is 19.8 Å². The van der Waals surface area contributed by atoms with Crippen LogP contribution in [0.2, 0.25) is 0 Å². The van der Waals surface area contributed by atoms with E-state index in [9.17, 15) is 4.79 Å². The molecule has 0 aliphatic rings. The smallest absolute Gasteiger partial charge is 0.255 e. The van der Waals surface area contributed by atoms with Crippen molar-refractivity contribution >= 4 is 11.6 Å². The number of carbonyl (C=O) groups excluding carboxylic acids is 1. The Morgan fingerprint density at radius 3 is 2.42 bits per heavy atom. The van der Waals surface area contributed by atoms with Crippen molar-refractivity contribution in [2.75, 3.05) is 38.9 Å². The monoisotopic (exact) mass is 359 g/mol. The molecule has 140 valence electrons. The van der Waals surface area contributed by atoms with Crippen LogP contribution in [0.3, 0.4) is 0 Å². The fourth-order valence-electron chi connectivity index (χ4n) is 2.30. The van der Waals surface area contributed by atoms with E-state index in [1.165, 1.54) is 0 Å². The Labute approximate surface area is 154 Å². The normalized spacial score (nSPS) is 10.3. The Bertz CT molecular complexity index is 717. The molecule has 0 aliphatic carbocycles. The summed E-state index contributed by atoms with van der Waals surface area (Å²) in [5.74, 6) is 1.61. The van der Waals surface area contributed by atoms with Gasteiger partial charge in [-0.15, -0.1) is 0 Å². The molecule has 0 bridgehead atoms. The van der Waals surface area contributed by atoms with E-state index >= 15 is 0 Å². The molecule has 0 saturated carbocycles. The van der Waals surface area contributed by atoms with Gasteiger partial charge in [0.1, 0.15) is 12.4 Å². The number of benzene rings is 2. The summed E-state index contributed by atoms with van der Waals surface area (Å²) in [6, 6.07) is 12.4. The van der Waals surface area contributed by atoms with Crippen LogP contribution in [0.1, 0.15) is 24.2 Å². The van der Waals surface area contributed by atoms with Crippen molar-refractivity contribution in [1.29, 1.82) is 0 Å². The molecule has 1 amide bonds. The van der Waals surface area contributed by atoms with E-state index in [1.54, 1.807) is 37.4 Å². The van der Waals surface area contributed by atoms with E-state index in [0.29, 0.717) is 54.9 Å². The minimum Gasteiger partial charge on any atom is -0.491 e. The number of hydrogen-bond acceptors (Lipinski definition) is 5. The molecule has 0 unspecified atom stereocenters. The number of anilines is 1. The van der Waals surface area contributed by atoms with E-state index in [-0.39, 0.29) is 5.91 Å². The average Bonchev–Trinajstić information content (AvgIpc) is 2.64. The third kappa shape index (κ3) is 5.67. The van der Waals surface area contributed by atoms with Gasteiger partial charge in [0.25, 0.3) is 5.91 Å². The van der Waals surface area contributed by atoms with Crippen molar-refractivity contribution in [2.24, 2.45) is 0 Å². The highest BCUT2D eigenvalue weighted by molar-refractivity contribution is 6.04. The number of rotatable bonds is 10. The van der Waals surface area contributed by atoms with Gasteiger partial charge in [0.15, 0.2) is 11.5 Å². The molecule has 0 aromatic heterocycles. The number of nitrogens with one attached hydrogen (secondary N) is 1. The summed E-state index contributed by atoms with van der Waals surface area (Å²) >= 11 is 0. The minimum absolute atomic E-state index is 0.233. The first-order valence-corrected chi connectivity index (χ1v) is 8.60. The topological polar surface area (TPSA) is 66.0 Å². The van der Waals surface area contributed by atoms with Crippen LogP contribution in [0.25, 0.3) is 0 Å². The second-order valence-electron chi connectivity index (χ2n) is 5.35. The van der Waals surface area contributed by atoms with E-state index in [0.717, 1.165) is 0 Å². The van der Waals surface area contributed by atoms with E-state index in [2.05, 4.69) is 5.32 Å². The van der Waals surface area contributed by atoms with Crippen LogP contribution < -0.4 is 19.5 Å². The summed E-state index contributed by atoms with van der Waals surface area (Å²) in [5, 5.41) is 2.86. The molecule has 2 rings (SSSR count). The summed E-state index contributed by atoms with van der Waals surface area (Å²) in [5.41, 5.74) is 1.14. The highest BCUT2D eigenvalue weighted by Gasteiger charge is 2.12. The molecule has 0 heterocycles. The highest BCUT2D eigenvalue weighted by Crippen LogP contribution is 2.29. The molecule has 0 atom stereocenters. The Hall–Kier alpha value is -2.73. The summed E-state index contributed by atoms with van der Waals surface area (Å²) in [6.45, 7) is 5.76. The van der Waals surface area contributed by atoms with Gasteiger partial charge >= 0.3 is 0 Å². The van der Waals surface area contributed by atoms with Crippen LogP contribution in [0.15, 0.2) is 42.5 Å². The zero-order chi connectivity index (χ0) is 18.8. The molecular weight excluding hydrogens is 334 g/mol. The number of carbonyl (C=O) groups is 1. The molecule has 2 aromatic rings. The molecule has 1 N–H and O–H groups in total. The van der Waals surface area contributed by atoms with Gasteiger partial charge in [-0.2, -0.15) is 0 Å². The Morgan fingerprint density at radius 2 is 1.69 bits per heavy atom. The van der Waals surface area contributed by atoms with Crippen molar-refractivity contribution < 1.29 is 23.7 Å². The predicted octanol–water partition coefficient (Wildman–Crippen LogP) is 3.76. The van der Waals surface area contributed by atoms with Gasteiger partial charge in [-0.1, -0.05) is 6.07 Å². The largest absolute Gasteiger partial charge is 0.491 e. The molecule has 6 heteroatoms. The van der Waals surface area contributed by atoms with Crippen LogP contribution in [0, 0.1) is 0 Å². The van der Waals surface area contributed by atoms with Gasteiger partial charge < -0.3 is 24.3 Å². The third-order valence-corrected chi connectivity index (χ3v) is 3.45. The zero-order valence-electron chi connectivity index (χ0n) is 15.4. The lowest BCUT2D eigenvalue weighted by molar-refractivity contribution is 0.102. The molecule has 6 nitrogen and oxygen atoms in total. The van der Waals surface area contributed by atoms with Crippen LogP contribution in [0.5, 0.6) is 17.2 Å². The molecule has 0 radical (unpaired) electrons. The second kappa shape index (κ2) is 10.3. The maximum Gasteiger partial charge on any atom is 0.255 e. The van der Waals surface area contributed by atoms with Crippen molar-refractivity contribution in [2.45, 2.75) is 13.8 Å². The highest BCUT2D eigenvalue weighted by atomic mass is 16.5. The van der Waals surface area contributed by atoms with E-state index < -0.39 is 0 Å². The Kier molecular flexibility index (Phi) is 7.76. The van der Waals surface area contributed by atoms with Crippen LogP contribution in [0.4, 0.5) is 5.69 Å². The van der Waals surface area contributed by atoms with Crippen LogP contribution in [-0.2, 0) is 4.74 Å². The summed E-state index contributed by atoms with van der Waals surface area (Å²) in [4.78, 5) is 12.5. The van der Waals surface area contributed by atoms with Gasteiger partial charge in [-0.05, 0) is 44.2 Å². The fourth-order valence-corrected chi connectivity index (χ4v) is 2.30. The van der Waals surface area contributed by atoms with Gasteiger partial charge in [0.2, 0.25) is 0 Å². The van der Waals surface area contributed by atoms with Crippen LogP contribution >= 0.6 is 0 Å². The SMILES string of the molecule is CCOc1ccc(C(=O)Nc2cccc(OCCOC)c2)cc1OCC. The first-order valence-electron chi connectivity index (χ1n) is 8.60. The number of methoxy groups -OCH3 is 1. The summed E-state index contributed by atoms with van der Waals surface area (Å²) in [7, 11) is 1.62. The average molecular weight is 359 g/mol. The van der Waals surface area contributed by atoms with Gasteiger partial charge in [0, 0.05) is 24.4 Å². The van der Waals surface area contributed by atoms with E-state index in [4.69, 9.17) is 18.9 Å². The molecule has 0 spiro atoms. The quantitative estimate of drug-likeness (QED) is 0.654. The van der Waals surface area contributed by atoms with Crippen molar-refractivity contribution in [3.63, 3.8) is 0 Å². The molecular formula is C20H25NO5. The first kappa shape index (κ1) is 19.6. The number of amides is 1. The lowest BCUT2D eigenvalue weighted by Gasteiger charge is -2.13. The van der Waals surface area contributed by atoms with Crippen molar-refractivity contribution in [1.82, 2.24) is 0 Å². The molecule has 0 aliphatic heterocycles. The molecule has 0 fully saturated rings. The number of hydrogen-bond donors (Lipinski definition) is 1. The molecule has 0 saturated heterocycles. The van der Waals surface area contributed by atoms with Gasteiger partial charge in [-0.3, -0.25) is 4.79 Å². The van der Waals surface area contributed by atoms with Crippen LogP contribution in [-0.4, -0.2) is 39.4 Å². The summed E-state index contributed by atoms with van der Waals surface area (Å²) in [6.07, 6.45) is 0. The summed E-state index contributed by atoms with van der Waals surface area (Å²) < 4.78 is 21.6. The Balaban J connectivity index is 2.09. The zero-order valence-corrected chi connectivity index (χ0v) is 15.4. The molecule has 2 aromatic carbocycles. The maximum absolute atomic E-state index is 12.5. The number of ether oxygens (including phenoxy) is 4.